The summed E-state index contributed by atoms with van der Waals surface area (Å²) in [6.45, 7) is 1.65. The molecule has 1 aromatic carbocycles. The lowest BCUT2D eigenvalue weighted by atomic mass is 10.1. The summed E-state index contributed by atoms with van der Waals surface area (Å²) in [4.78, 5) is 22.0. The summed E-state index contributed by atoms with van der Waals surface area (Å²) in [6, 6.07) is 9.42. The largest absolute Gasteiger partial charge is 0.417 e. The van der Waals surface area contributed by atoms with E-state index >= 15 is 0 Å². The number of hydrogen-bond donors (Lipinski definition) is 1. The van der Waals surface area contributed by atoms with Gasteiger partial charge < -0.3 is 5.32 Å². The molecule has 0 aliphatic carbocycles. The number of carbonyl (C=O) groups excluding carboxylic acids is 1. The van der Waals surface area contributed by atoms with Crippen molar-refractivity contribution in [3.8, 4) is 17.1 Å². The minimum atomic E-state index is -4.47. The van der Waals surface area contributed by atoms with Crippen LogP contribution >= 0.6 is 11.3 Å². The number of alkyl halides is 3. The number of pyridine rings is 1. The van der Waals surface area contributed by atoms with Crippen LogP contribution in [0.2, 0.25) is 0 Å². The van der Waals surface area contributed by atoms with E-state index in [0.29, 0.717) is 11.4 Å². The molecule has 0 saturated carbocycles. The second kappa shape index (κ2) is 7.85. The second-order valence-electron chi connectivity index (χ2n) is 7.21. The van der Waals surface area contributed by atoms with E-state index in [-0.39, 0.29) is 17.3 Å². The SMILES string of the molecule is Cc1c(C(=O)Nc2ccc(-c3cn4ccsc4n3)cc2)cnn1-c1ccc(C(F)(F)F)cn1. The Kier molecular flexibility index (Phi) is 4.97. The van der Waals surface area contributed by atoms with Crippen molar-refractivity contribution in [1.82, 2.24) is 24.1 Å². The number of amides is 1. The molecule has 5 rings (SSSR count). The lowest BCUT2D eigenvalue weighted by Gasteiger charge is -2.09. The molecule has 0 aliphatic rings. The fourth-order valence-corrected chi connectivity index (χ4v) is 4.03. The first-order valence-electron chi connectivity index (χ1n) is 9.72. The Morgan fingerprint density at radius 2 is 1.88 bits per heavy atom. The second-order valence-corrected chi connectivity index (χ2v) is 8.08. The molecule has 0 atom stereocenters. The third-order valence-electron chi connectivity index (χ3n) is 5.08. The van der Waals surface area contributed by atoms with Crippen LogP contribution in [0.3, 0.4) is 0 Å². The van der Waals surface area contributed by atoms with Gasteiger partial charge in [-0.15, -0.1) is 11.3 Å². The smallest absolute Gasteiger partial charge is 0.322 e. The highest BCUT2D eigenvalue weighted by molar-refractivity contribution is 7.15. The highest BCUT2D eigenvalue weighted by Gasteiger charge is 2.30. The van der Waals surface area contributed by atoms with Gasteiger partial charge in [0.2, 0.25) is 0 Å². The topological polar surface area (TPSA) is 77.1 Å². The molecule has 0 fully saturated rings. The minimum absolute atomic E-state index is 0.184. The van der Waals surface area contributed by atoms with E-state index in [0.717, 1.165) is 28.5 Å². The third kappa shape index (κ3) is 3.98. The van der Waals surface area contributed by atoms with Crippen LogP contribution in [0.25, 0.3) is 22.0 Å². The molecule has 0 aliphatic heterocycles. The van der Waals surface area contributed by atoms with E-state index in [4.69, 9.17) is 0 Å². The zero-order chi connectivity index (χ0) is 23.2. The quantitative estimate of drug-likeness (QED) is 0.392. The molecule has 0 unspecified atom stereocenters. The van der Waals surface area contributed by atoms with Crippen LogP contribution < -0.4 is 5.32 Å². The molecule has 0 saturated heterocycles. The first-order chi connectivity index (χ1) is 15.8. The maximum Gasteiger partial charge on any atom is 0.417 e. The number of imidazole rings is 1. The van der Waals surface area contributed by atoms with Crippen molar-refractivity contribution in [3.05, 3.63) is 83.4 Å². The van der Waals surface area contributed by atoms with Crippen molar-refractivity contribution in [3.63, 3.8) is 0 Å². The molecule has 4 heterocycles. The first kappa shape index (κ1) is 20.9. The molecular formula is C22H15F3N6OS. The number of carbonyl (C=O) groups is 1. The first-order valence-corrected chi connectivity index (χ1v) is 10.6. The average Bonchev–Trinajstić information content (AvgIpc) is 3.49. The maximum atomic E-state index is 12.8. The van der Waals surface area contributed by atoms with Crippen molar-refractivity contribution in [1.29, 1.82) is 0 Å². The number of halogens is 3. The van der Waals surface area contributed by atoms with Gasteiger partial charge in [-0.2, -0.15) is 18.3 Å². The average molecular weight is 468 g/mol. The minimum Gasteiger partial charge on any atom is -0.322 e. The standard InChI is InChI=1S/C22H15F3N6OS/c1-13-17(11-27-31(13)19-7-4-15(10-26-19)22(23,24)25)20(32)28-16-5-2-14(3-6-16)18-12-30-8-9-33-21(30)29-18/h2-12H,1H3,(H,28,32). The van der Waals surface area contributed by atoms with Gasteiger partial charge in [-0.05, 0) is 31.2 Å². The number of aromatic nitrogens is 5. The monoisotopic (exact) mass is 468 g/mol. The lowest BCUT2D eigenvalue weighted by Crippen LogP contribution is -2.13. The van der Waals surface area contributed by atoms with Gasteiger partial charge in [-0.1, -0.05) is 12.1 Å². The van der Waals surface area contributed by atoms with Gasteiger partial charge in [0.1, 0.15) is 0 Å². The predicted octanol–water partition coefficient (Wildman–Crippen LogP) is 5.22. The molecular weight excluding hydrogens is 453 g/mol. The van der Waals surface area contributed by atoms with Gasteiger partial charge in [-0.3, -0.25) is 9.20 Å². The number of nitrogens with one attached hydrogen (secondary N) is 1. The molecule has 0 bridgehead atoms. The molecule has 166 valence electrons. The maximum absolute atomic E-state index is 12.8. The van der Waals surface area contributed by atoms with E-state index in [9.17, 15) is 18.0 Å². The van der Waals surface area contributed by atoms with E-state index in [2.05, 4.69) is 20.4 Å². The Bertz CT molecular complexity index is 1420. The van der Waals surface area contributed by atoms with Crippen LogP contribution in [0, 0.1) is 6.92 Å². The number of fused-ring (bicyclic) bond motifs is 1. The summed E-state index contributed by atoms with van der Waals surface area (Å²) in [7, 11) is 0. The highest BCUT2D eigenvalue weighted by atomic mass is 32.1. The summed E-state index contributed by atoms with van der Waals surface area (Å²) < 4.78 is 41.5. The molecule has 33 heavy (non-hydrogen) atoms. The van der Waals surface area contributed by atoms with E-state index in [1.54, 1.807) is 30.4 Å². The van der Waals surface area contributed by atoms with Crippen molar-refractivity contribution in [2.24, 2.45) is 0 Å². The zero-order valence-electron chi connectivity index (χ0n) is 17.0. The zero-order valence-corrected chi connectivity index (χ0v) is 17.9. The molecule has 5 aromatic rings. The molecule has 4 aromatic heterocycles. The summed E-state index contributed by atoms with van der Waals surface area (Å²) >= 11 is 1.55. The number of hydrogen-bond acceptors (Lipinski definition) is 5. The van der Waals surface area contributed by atoms with Crippen LogP contribution in [0.4, 0.5) is 18.9 Å². The fraction of sp³-hybridized carbons (Fsp3) is 0.0909. The highest BCUT2D eigenvalue weighted by Crippen LogP contribution is 2.29. The predicted molar refractivity (Wildman–Crippen MR) is 118 cm³/mol. The number of thiazole rings is 1. The molecule has 0 spiro atoms. The van der Waals surface area contributed by atoms with E-state index < -0.39 is 11.7 Å². The number of anilines is 1. The molecule has 1 N–H and O–H groups in total. The summed E-state index contributed by atoms with van der Waals surface area (Å²) in [5.41, 5.74) is 2.23. The number of benzene rings is 1. The van der Waals surface area contributed by atoms with Gasteiger partial charge in [0, 0.05) is 35.2 Å². The van der Waals surface area contributed by atoms with Crippen molar-refractivity contribution < 1.29 is 18.0 Å². The normalized spacial score (nSPS) is 11.8. The van der Waals surface area contributed by atoms with Gasteiger partial charge in [0.05, 0.1) is 28.7 Å². The number of rotatable bonds is 4. The van der Waals surface area contributed by atoms with E-state index in [1.807, 2.05) is 34.3 Å². The Balaban J connectivity index is 1.32. The van der Waals surface area contributed by atoms with Crippen LogP contribution in [0.1, 0.15) is 21.6 Å². The van der Waals surface area contributed by atoms with Crippen molar-refractivity contribution >= 4 is 27.9 Å². The summed E-state index contributed by atoms with van der Waals surface area (Å²) in [5, 5.41) is 8.88. The van der Waals surface area contributed by atoms with Gasteiger partial charge >= 0.3 is 6.18 Å². The fourth-order valence-electron chi connectivity index (χ4n) is 3.33. The van der Waals surface area contributed by atoms with Crippen LogP contribution in [0.5, 0.6) is 0 Å². The van der Waals surface area contributed by atoms with E-state index in [1.165, 1.54) is 16.9 Å². The van der Waals surface area contributed by atoms with Crippen molar-refractivity contribution in [2.75, 3.05) is 5.32 Å². The van der Waals surface area contributed by atoms with Crippen LogP contribution in [-0.4, -0.2) is 30.1 Å². The van der Waals surface area contributed by atoms with Gasteiger partial charge in [0.25, 0.3) is 5.91 Å². The summed E-state index contributed by atoms with van der Waals surface area (Å²) in [5.74, 6) is -0.204. The Labute approximate surface area is 189 Å². The molecule has 11 heteroatoms. The number of nitrogens with zero attached hydrogens (tertiary/aromatic N) is 5. The van der Waals surface area contributed by atoms with Crippen LogP contribution in [-0.2, 0) is 6.18 Å². The molecule has 7 nitrogen and oxygen atoms in total. The molecule has 1 amide bonds. The third-order valence-corrected chi connectivity index (χ3v) is 5.85. The summed E-state index contributed by atoms with van der Waals surface area (Å²) in [6.07, 6.45) is 1.50. The van der Waals surface area contributed by atoms with Crippen molar-refractivity contribution in [2.45, 2.75) is 13.1 Å². The Morgan fingerprint density at radius 1 is 1.09 bits per heavy atom. The van der Waals surface area contributed by atoms with Crippen LogP contribution in [0.15, 0.2) is 66.6 Å². The lowest BCUT2D eigenvalue weighted by molar-refractivity contribution is -0.137. The van der Waals surface area contributed by atoms with Gasteiger partial charge in [0.15, 0.2) is 10.8 Å². The Morgan fingerprint density at radius 3 is 2.55 bits per heavy atom. The van der Waals surface area contributed by atoms with Gasteiger partial charge in [-0.25, -0.2) is 14.6 Å². The molecule has 0 radical (unpaired) electrons. The Hall–Kier alpha value is -3.99.